The molecule has 4 aliphatic rings. The molecule has 0 radical (unpaired) electrons. The second-order valence-electron chi connectivity index (χ2n) is 8.17. The number of likely N-dealkylation sites (tertiary alicyclic amines) is 1. The van der Waals surface area contributed by atoms with E-state index in [-0.39, 0.29) is 30.1 Å². The number of morpholine rings is 2. The summed E-state index contributed by atoms with van der Waals surface area (Å²) in [5.41, 5.74) is 0. The van der Waals surface area contributed by atoms with Gasteiger partial charge in [-0.2, -0.15) is 0 Å². The van der Waals surface area contributed by atoms with Gasteiger partial charge in [-0.25, -0.2) is 4.79 Å². The highest BCUT2D eigenvalue weighted by atomic mass is 16.5. The molecule has 0 aromatic rings. The molecule has 3 amide bonds. The fourth-order valence-electron chi connectivity index (χ4n) is 4.84. The van der Waals surface area contributed by atoms with Crippen molar-refractivity contribution in [2.45, 2.75) is 50.7 Å². The van der Waals surface area contributed by atoms with Gasteiger partial charge in [-0.15, -0.1) is 0 Å². The molecule has 0 unspecified atom stereocenters. The van der Waals surface area contributed by atoms with E-state index < -0.39 is 0 Å². The SMILES string of the molecule is O=C(NCC1CCCCC1)N1C[C@@H]2C[C@@H](C(=O)N3CCOCC3)[C@H](C1)O2. The highest BCUT2D eigenvalue weighted by molar-refractivity contribution is 5.80. The van der Waals surface area contributed by atoms with Crippen LogP contribution in [0.25, 0.3) is 0 Å². The van der Waals surface area contributed by atoms with Gasteiger partial charge in [0.05, 0.1) is 31.3 Å². The Bertz CT molecular complexity index is 517. The number of urea groups is 1. The van der Waals surface area contributed by atoms with Crippen molar-refractivity contribution in [3.8, 4) is 0 Å². The zero-order chi connectivity index (χ0) is 17.9. The Kier molecular flexibility index (Phi) is 5.64. The fraction of sp³-hybridized carbons (Fsp3) is 0.895. The molecule has 4 fully saturated rings. The Morgan fingerprint density at radius 1 is 1.00 bits per heavy atom. The van der Waals surface area contributed by atoms with Crippen LogP contribution in [0.15, 0.2) is 0 Å². The maximum absolute atomic E-state index is 12.8. The van der Waals surface area contributed by atoms with E-state index in [4.69, 9.17) is 9.47 Å². The van der Waals surface area contributed by atoms with Gasteiger partial charge in [0.25, 0.3) is 0 Å². The summed E-state index contributed by atoms with van der Waals surface area (Å²) in [6, 6.07) is 0.00773. The standard InChI is InChI=1S/C19H31N3O4/c23-18(21-6-8-25-9-7-21)16-10-15-12-22(13-17(16)26-15)19(24)20-11-14-4-2-1-3-5-14/h14-17H,1-13H2,(H,20,24)/t15-,16+,17-/m0/s1. The molecule has 3 atom stereocenters. The number of nitrogens with one attached hydrogen (secondary N) is 1. The molecule has 26 heavy (non-hydrogen) atoms. The molecule has 4 rings (SSSR count). The molecule has 3 heterocycles. The summed E-state index contributed by atoms with van der Waals surface area (Å²) in [7, 11) is 0. The van der Waals surface area contributed by atoms with Crippen molar-refractivity contribution in [3.05, 3.63) is 0 Å². The van der Waals surface area contributed by atoms with Gasteiger partial charge in [0.15, 0.2) is 0 Å². The van der Waals surface area contributed by atoms with Gasteiger partial charge in [0, 0.05) is 32.7 Å². The highest BCUT2D eigenvalue weighted by Gasteiger charge is 2.47. The number of carbonyl (C=O) groups excluding carboxylic acids is 2. The molecular formula is C19H31N3O4. The van der Waals surface area contributed by atoms with Gasteiger partial charge in [-0.3, -0.25) is 4.79 Å². The van der Waals surface area contributed by atoms with Crippen molar-refractivity contribution in [2.24, 2.45) is 11.8 Å². The van der Waals surface area contributed by atoms with Crippen LogP contribution < -0.4 is 5.32 Å². The van der Waals surface area contributed by atoms with E-state index in [0.717, 1.165) is 13.0 Å². The molecule has 7 heteroatoms. The second-order valence-corrected chi connectivity index (χ2v) is 8.17. The van der Waals surface area contributed by atoms with Gasteiger partial charge in [-0.1, -0.05) is 19.3 Å². The van der Waals surface area contributed by atoms with E-state index in [9.17, 15) is 9.59 Å². The Morgan fingerprint density at radius 3 is 2.54 bits per heavy atom. The molecule has 146 valence electrons. The van der Waals surface area contributed by atoms with E-state index >= 15 is 0 Å². The zero-order valence-electron chi connectivity index (χ0n) is 15.5. The Labute approximate surface area is 155 Å². The van der Waals surface area contributed by atoms with E-state index in [1.165, 1.54) is 32.1 Å². The molecule has 3 saturated heterocycles. The van der Waals surface area contributed by atoms with E-state index in [1.54, 1.807) is 0 Å². The highest BCUT2D eigenvalue weighted by Crippen LogP contribution is 2.33. The Balaban J connectivity index is 1.28. The minimum atomic E-state index is -0.162. The number of ether oxygens (including phenoxy) is 2. The average Bonchev–Trinajstić information content (AvgIpc) is 3.00. The predicted molar refractivity (Wildman–Crippen MR) is 95.7 cm³/mol. The van der Waals surface area contributed by atoms with E-state index in [2.05, 4.69) is 5.32 Å². The molecule has 0 aromatic carbocycles. The van der Waals surface area contributed by atoms with Crippen molar-refractivity contribution < 1.29 is 19.1 Å². The first kappa shape index (κ1) is 18.0. The van der Waals surface area contributed by atoms with Gasteiger partial charge < -0.3 is 24.6 Å². The fourth-order valence-corrected chi connectivity index (χ4v) is 4.84. The van der Waals surface area contributed by atoms with Gasteiger partial charge in [-0.05, 0) is 25.2 Å². The van der Waals surface area contributed by atoms with Crippen LogP contribution in [0.4, 0.5) is 4.79 Å². The molecule has 7 nitrogen and oxygen atoms in total. The van der Waals surface area contributed by atoms with Gasteiger partial charge >= 0.3 is 6.03 Å². The van der Waals surface area contributed by atoms with Crippen LogP contribution >= 0.6 is 0 Å². The number of hydrogen-bond donors (Lipinski definition) is 1. The number of rotatable bonds is 3. The molecule has 2 bridgehead atoms. The van der Waals surface area contributed by atoms with Crippen LogP contribution in [0.3, 0.4) is 0 Å². The Morgan fingerprint density at radius 2 is 1.77 bits per heavy atom. The summed E-state index contributed by atoms with van der Waals surface area (Å²) in [6.45, 7) is 4.46. The number of carbonyl (C=O) groups is 2. The summed E-state index contributed by atoms with van der Waals surface area (Å²) >= 11 is 0. The molecular weight excluding hydrogens is 334 g/mol. The third-order valence-electron chi connectivity index (χ3n) is 6.35. The normalized spacial score (nSPS) is 32.5. The third-order valence-corrected chi connectivity index (χ3v) is 6.35. The maximum atomic E-state index is 12.8. The first-order chi connectivity index (χ1) is 12.7. The lowest BCUT2D eigenvalue weighted by molar-refractivity contribution is -0.142. The lowest BCUT2D eigenvalue weighted by Gasteiger charge is -2.34. The predicted octanol–water partition coefficient (Wildman–Crippen LogP) is 1.22. The largest absolute Gasteiger partial charge is 0.378 e. The van der Waals surface area contributed by atoms with Crippen LogP contribution in [0.5, 0.6) is 0 Å². The van der Waals surface area contributed by atoms with E-state index in [1.807, 2.05) is 9.80 Å². The first-order valence-electron chi connectivity index (χ1n) is 10.3. The summed E-state index contributed by atoms with van der Waals surface area (Å²) in [6.07, 6.45) is 6.91. The minimum absolute atomic E-state index is 0.00773. The monoisotopic (exact) mass is 365 g/mol. The second kappa shape index (κ2) is 8.13. The third kappa shape index (κ3) is 3.98. The zero-order valence-corrected chi connectivity index (χ0v) is 15.5. The Hall–Kier alpha value is -1.34. The van der Waals surface area contributed by atoms with Crippen LogP contribution in [-0.2, 0) is 14.3 Å². The number of hydrogen-bond acceptors (Lipinski definition) is 4. The molecule has 0 aromatic heterocycles. The van der Waals surface area contributed by atoms with Crippen LogP contribution in [0.2, 0.25) is 0 Å². The van der Waals surface area contributed by atoms with Crippen molar-refractivity contribution in [3.63, 3.8) is 0 Å². The topological polar surface area (TPSA) is 71.1 Å². The minimum Gasteiger partial charge on any atom is -0.378 e. The van der Waals surface area contributed by atoms with E-state index in [0.29, 0.717) is 45.3 Å². The number of fused-ring (bicyclic) bond motifs is 2. The van der Waals surface area contributed by atoms with Crippen LogP contribution in [0.1, 0.15) is 38.5 Å². The lowest BCUT2D eigenvalue weighted by atomic mass is 9.89. The lowest BCUT2D eigenvalue weighted by Crippen LogP contribution is -2.52. The van der Waals surface area contributed by atoms with Crippen molar-refractivity contribution >= 4 is 11.9 Å². The summed E-state index contributed by atoms with van der Waals surface area (Å²) in [4.78, 5) is 29.2. The molecule has 1 saturated carbocycles. The molecule has 0 spiro atoms. The summed E-state index contributed by atoms with van der Waals surface area (Å²) in [5, 5.41) is 3.12. The number of amides is 3. The number of nitrogens with zero attached hydrogens (tertiary/aromatic N) is 2. The first-order valence-corrected chi connectivity index (χ1v) is 10.3. The van der Waals surface area contributed by atoms with Crippen molar-refractivity contribution in [2.75, 3.05) is 45.9 Å². The average molecular weight is 365 g/mol. The molecule has 1 N–H and O–H groups in total. The summed E-state index contributed by atoms with van der Waals surface area (Å²) < 4.78 is 11.3. The molecule has 1 aliphatic carbocycles. The van der Waals surface area contributed by atoms with Crippen molar-refractivity contribution in [1.82, 2.24) is 15.1 Å². The maximum Gasteiger partial charge on any atom is 0.317 e. The quantitative estimate of drug-likeness (QED) is 0.816. The summed E-state index contributed by atoms with van der Waals surface area (Å²) in [5.74, 6) is 0.681. The van der Waals surface area contributed by atoms with Crippen LogP contribution in [0, 0.1) is 11.8 Å². The molecule has 3 aliphatic heterocycles. The van der Waals surface area contributed by atoms with Crippen LogP contribution in [-0.4, -0.2) is 79.9 Å². The van der Waals surface area contributed by atoms with Gasteiger partial charge in [0.2, 0.25) is 5.91 Å². The van der Waals surface area contributed by atoms with Crippen molar-refractivity contribution in [1.29, 1.82) is 0 Å². The van der Waals surface area contributed by atoms with Gasteiger partial charge in [0.1, 0.15) is 0 Å². The smallest absolute Gasteiger partial charge is 0.317 e.